The molecule has 2 rings (SSSR count). The first-order valence-electron chi connectivity index (χ1n) is 5.43. The maximum Gasteiger partial charge on any atom is 0.124 e. The monoisotopic (exact) mass is 310 g/mol. The van der Waals surface area contributed by atoms with E-state index in [1.165, 1.54) is 24.3 Å². The highest BCUT2D eigenvalue weighted by molar-refractivity contribution is 7.85. The lowest BCUT2D eigenvalue weighted by Crippen LogP contribution is -1.97. The van der Waals surface area contributed by atoms with Crippen molar-refractivity contribution in [2.75, 3.05) is 5.43 Å². The minimum absolute atomic E-state index is 0.304. The minimum Gasteiger partial charge on any atom is -0.744 e. The number of rotatable bonds is 4. The minimum atomic E-state index is -4.44. The zero-order valence-corrected chi connectivity index (χ0v) is 11.6. The van der Waals surface area contributed by atoms with Crippen LogP contribution in [0.5, 0.6) is 0 Å². The molecule has 0 aliphatic carbocycles. The van der Waals surface area contributed by atoms with Crippen LogP contribution in [-0.2, 0) is 10.1 Å². The molecule has 6 nitrogen and oxygen atoms in total. The van der Waals surface area contributed by atoms with E-state index in [4.69, 9.17) is 11.6 Å². The van der Waals surface area contributed by atoms with Gasteiger partial charge in [0, 0.05) is 5.02 Å². The molecular weight excluding hydrogens is 302 g/mol. The molecule has 0 saturated heterocycles. The first kappa shape index (κ1) is 14.4. The number of halogens is 1. The lowest BCUT2D eigenvalue weighted by Gasteiger charge is -2.05. The Labute approximate surface area is 120 Å². The summed E-state index contributed by atoms with van der Waals surface area (Å²) in [6.45, 7) is 0. The van der Waals surface area contributed by atoms with Crippen LogP contribution in [0.15, 0.2) is 63.8 Å². The summed E-state index contributed by atoms with van der Waals surface area (Å²) in [6, 6.07) is 12.0. The molecule has 0 spiro atoms. The maximum absolute atomic E-state index is 10.7. The molecule has 2 aromatic carbocycles. The van der Waals surface area contributed by atoms with Crippen LogP contribution in [0.1, 0.15) is 0 Å². The molecule has 0 radical (unpaired) electrons. The van der Waals surface area contributed by atoms with E-state index in [0.29, 0.717) is 16.4 Å². The summed E-state index contributed by atoms with van der Waals surface area (Å²) < 4.78 is 32.2. The predicted molar refractivity (Wildman–Crippen MR) is 74.0 cm³/mol. The van der Waals surface area contributed by atoms with Crippen LogP contribution in [0.25, 0.3) is 0 Å². The normalized spacial score (nSPS) is 11.7. The van der Waals surface area contributed by atoms with Crippen molar-refractivity contribution in [3.63, 3.8) is 0 Å². The molecule has 1 N–H and O–H groups in total. The van der Waals surface area contributed by atoms with E-state index in [2.05, 4.69) is 15.8 Å². The maximum atomic E-state index is 10.7. The number of nitrogens with one attached hydrogen (secondary N) is 1. The van der Waals surface area contributed by atoms with Crippen molar-refractivity contribution in [2.24, 2.45) is 10.3 Å². The number of anilines is 1. The summed E-state index contributed by atoms with van der Waals surface area (Å²) in [5.41, 5.74) is 3.81. The number of hydrogen-bond acceptors (Lipinski definition) is 5. The molecule has 0 unspecified atom stereocenters. The zero-order chi connectivity index (χ0) is 14.6. The van der Waals surface area contributed by atoms with Crippen molar-refractivity contribution >= 4 is 33.1 Å². The van der Waals surface area contributed by atoms with Gasteiger partial charge in [0.05, 0.1) is 16.3 Å². The molecule has 2 aromatic rings. The van der Waals surface area contributed by atoms with Gasteiger partial charge in [-0.15, -0.1) is 5.11 Å². The third-order valence-corrected chi connectivity index (χ3v) is 3.42. The van der Waals surface area contributed by atoms with E-state index in [0.717, 1.165) is 0 Å². The smallest absolute Gasteiger partial charge is 0.124 e. The topological polar surface area (TPSA) is 94.0 Å². The Morgan fingerprint density at radius 3 is 2.15 bits per heavy atom. The van der Waals surface area contributed by atoms with Gasteiger partial charge in [-0.2, -0.15) is 0 Å². The second-order valence-corrected chi connectivity index (χ2v) is 5.58. The van der Waals surface area contributed by atoms with Crippen LogP contribution < -0.4 is 5.43 Å². The molecule has 0 heterocycles. The van der Waals surface area contributed by atoms with Crippen molar-refractivity contribution in [3.05, 3.63) is 53.6 Å². The third kappa shape index (κ3) is 4.02. The van der Waals surface area contributed by atoms with E-state index in [1.807, 2.05) is 0 Å². The number of nitrogens with zero attached hydrogens (tertiary/aromatic N) is 2. The summed E-state index contributed by atoms with van der Waals surface area (Å²) in [6.07, 6.45) is 0. The fourth-order valence-corrected chi connectivity index (χ4v) is 1.94. The van der Waals surface area contributed by atoms with Crippen molar-refractivity contribution in [1.82, 2.24) is 0 Å². The Hall–Kier alpha value is -1.96. The Kier molecular flexibility index (Phi) is 4.33. The lowest BCUT2D eigenvalue weighted by molar-refractivity contribution is 0.463. The average molecular weight is 311 g/mol. The molecular formula is C12H9ClN3O3S-. The van der Waals surface area contributed by atoms with Gasteiger partial charge in [0.25, 0.3) is 0 Å². The largest absolute Gasteiger partial charge is 0.744 e. The average Bonchev–Trinajstić information content (AvgIpc) is 2.41. The highest BCUT2D eigenvalue weighted by Gasteiger charge is 2.00. The fraction of sp³-hybridized carbons (Fsp3) is 0. The molecule has 0 aliphatic rings. The van der Waals surface area contributed by atoms with Gasteiger partial charge in [-0.1, -0.05) is 16.8 Å². The number of hydrogen-bond donors (Lipinski definition) is 1. The second kappa shape index (κ2) is 6.00. The molecule has 20 heavy (non-hydrogen) atoms. The molecule has 104 valence electrons. The van der Waals surface area contributed by atoms with Gasteiger partial charge < -0.3 is 4.55 Å². The third-order valence-electron chi connectivity index (χ3n) is 2.31. The fourth-order valence-electron chi connectivity index (χ4n) is 1.34. The summed E-state index contributed by atoms with van der Waals surface area (Å²) in [5.74, 6) is 0. The van der Waals surface area contributed by atoms with Crippen molar-refractivity contribution in [3.8, 4) is 0 Å². The van der Waals surface area contributed by atoms with Gasteiger partial charge in [0.1, 0.15) is 10.1 Å². The van der Waals surface area contributed by atoms with Crippen LogP contribution in [0, 0.1) is 0 Å². The Morgan fingerprint density at radius 1 is 1.00 bits per heavy atom. The molecule has 8 heteroatoms. The first-order chi connectivity index (χ1) is 9.45. The summed E-state index contributed by atoms with van der Waals surface area (Å²) in [7, 11) is -4.44. The standard InChI is InChI=1S/C12H10ClN3O3S/c13-9-1-3-10(4-2-9)14-16-15-11-5-7-12(8-6-11)20(17,18)19/h1-8H,(H,14,15)(H,17,18,19)/p-1. The predicted octanol–water partition coefficient (Wildman–Crippen LogP) is 3.35. The molecule has 0 bridgehead atoms. The summed E-state index contributed by atoms with van der Waals surface area (Å²) >= 11 is 5.74. The van der Waals surface area contributed by atoms with Crippen molar-refractivity contribution < 1.29 is 13.0 Å². The molecule has 0 amide bonds. The van der Waals surface area contributed by atoms with Gasteiger partial charge in [-0.25, -0.2) is 8.42 Å². The van der Waals surface area contributed by atoms with E-state index >= 15 is 0 Å². The van der Waals surface area contributed by atoms with Crippen LogP contribution in [0.4, 0.5) is 11.4 Å². The van der Waals surface area contributed by atoms with Gasteiger partial charge >= 0.3 is 0 Å². The number of benzene rings is 2. The summed E-state index contributed by atoms with van der Waals surface area (Å²) in [4.78, 5) is -0.304. The van der Waals surface area contributed by atoms with Crippen molar-refractivity contribution in [2.45, 2.75) is 4.90 Å². The van der Waals surface area contributed by atoms with Gasteiger partial charge in [0.2, 0.25) is 0 Å². The Morgan fingerprint density at radius 2 is 1.60 bits per heavy atom. The first-order valence-corrected chi connectivity index (χ1v) is 7.22. The summed E-state index contributed by atoms with van der Waals surface area (Å²) in [5, 5.41) is 8.18. The zero-order valence-electron chi connectivity index (χ0n) is 10.0. The second-order valence-electron chi connectivity index (χ2n) is 3.77. The molecule has 0 fully saturated rings. The highest BCUT2D eigenvalue weighted by atomic mass is 35.5. The Bertz CT molecular complexity index is 713. The quantitative estimate of drug-likeness (QED) is 0.532. The lowest BCUT2D eigenvalue weighted by atomic mass is 10.3. The van der Waals surface area contributed by atoms with Crippen LogP contribution in [0.3, 0.4) is 0 Å². The SMILES string of the molecule is O=S(=O)([O-])c1ccc(N=NNc2ccc(Cl)cc2)cc1. The van der Waals surface area contributed by atoms with Crippen LogP contribution in [-0.4, -0.2) is 13.0 Å². The molecule has 0 aliphatic heterocycles. The highest BCUT2D eigenvalue weighted by Crippen LogP contribution is 2.17. The van der Waals surface area contributed by atoms with E-state index < -0.39 is 10.1 Å². The van der Waals surface area contributed by atoms with Gasteiger partial charge in [-0.3, -0.25) is 5.43 Å². The van der Waals surface area contributed by atoms with Crippen LogP contribution >= 0.6 is 11.6 Å². The van der Waals surface area contributed by atoms with E-state index in [9.17, 15) is 13.0 Å². The molecule has 0 aromatic heterocycles. The van der Waals surface area contributed by atoms with Crippen LogP contribution in [0.2, 0.25) is 5.02 Å². The molecule has 0 saturated carbocycles. The van der Waals surface area contributed by atoms with Gasteiger partial charge in [0.15, 0.2) is 0 Å². The van der Waals surface area contributed by atoms with E-state index in [1.54, 1.807) is 24.3 Å². The van der Waals surface area contributed by atoms with Gasteiger partial charge in [-0.05, 0) is 48.5 Å². The van der Waals surface area contributed by atoms with E-state index in [-0.39, 0.29) is 4.90 Å². The Balaban J connectivity index is 2.03. The van der Waals surface area contributed by atoms with Crippen molar-refractivity contribution in [1.29, 1.82) is 0 Å². The molecule has 0 atom stereocenters.